The van der Waals surface area contributed by atoms with Gasteiger partial charge in [-0.05, 0) is 41.3 Å². The number of aromatic nitrogens is 1. The third-order valence-corrected chi connectivity index (χ3v) is 6.74. The van der Waals surface area contributed by atoms with Gasteiger partial charge in [0.15, 0.2) is 5.84 Å². The Morgan fingerprint density at radius 1 is 1.12 bits per heavy atom. The van der Waals surface area contributed by atoms with Gasteiger partial charge in [0, 0.05) is 6.20 Å². The van der Waals surface area contributed by atoms with Gasteiger partial charge in [0.25, 0.3) is 10.0 Å². The van der Waals surface area contributed by atoms with Gasteiger partial charge in [-0.3, -0.25) is 10.1 Å². The number of halogens is 2. The minimum absolute atomic E-state index is 0.0962. The summed E-state index contributed by atoms with van der Waals surface area (Å²) >= 11 is 6.12. The number of sulfonamides is 1. The third kappa shape index (κ3) is 4.79. The molecule has 3 aromatic rings. The molecule has 4 rings (SSSR count). The first-order valence-electron chi connectivity index (χ1n) is 10.2. The maximum absolute atomic E-state index is 14.4. The Hall–Kier alpha value is -3.17. The summed E-state index contributed by atoms with van der Waals surface area (Å²) in [5.41, 5.74) is 4.33. The average molecular weight is 488 g/mol. The molecule has 0 aliphatic carbocycles. The summed E-state index contributed by atoms with van der Waals surface area (Å²) < 4.78 is 43.3. The first kappa shape index (κ1) is 23.0. The lowest BCUT2D eigenvalue weighted by molar-refractivity contribution is 0.587. The number of hydrazone groups is 1. The Kier molecular flexibility index (Phi) is 6.02. The molecule has 0 spiro atoms. The number of hydrogen-bond acceptors (Lipinski definition) is 6. The van der Waals surface area contributed by atoms with Crippen molar-refractivity contribution in [1.29, 1.82) is 0 Å². The molecule has 2 N–H and O–H groups in total. The molecule has 1 aromatic heterocycles. The van der Waals surface area contributed by atoms with E-state index in [1.165, 1.54) is 18.3 Å². The zero-order chi connectivity index (χ0) is 23.8. The van der Waals surface area contributed by atoms with Crippen LogP contribution in [-0.4, -0.2) is 25.9 Å². The largest absolute Gasteiger partial charge is 0.301 e. The summed E-state index contributed by atoms with van der Waals surface area (Å²) in [6.07, 6.45) is 1.38. The molecular formula is C23H23ClFN5O2S. The number of pyridine rings is 1. The molecule has 2 aromatic carbocycles. The van der Waals surface area contributed by atoms with Gasteiger partial charge in [-0.25, -0.2) is 17.8 Å². The van der Waals surface area contributed by atoms with E-state index in [1.54, 1.807) is 47.4 Å². The van der Waals surface area contributed by atoms with Gasteiger partial charge in [0.1, 0.15) is 18.2 Å². The van der Waals surface area contributed by atoms with Crippen LogP contribution < -0.4 is 15.0 Å². The second-order valence-electron chi connectivity index (χ2n) is 8.56. The minimum atomic E-state index is -3.95. The Bertz CT molecular complexity index is 1320. The van der Waals surface area contributed by atoms with Crippen LogP contribution in [-0.2, 0) is 15.4 Å². The first-order chi connectivity index (χ1) is 15.6. The van der Waals surface area contributed by atoms with Crippen LogP contribution in [0.15, 0.2) is 70.8 Å². The van der Waals surface area contributed by atoms with Gasteiger partial charge in [-0.15, -0.1) is 0 Å². The number of nitrogens with zero attached hydrogens (tertiary/aromatic N) is 3. The number of nitrogens with one attached hydrogen (secondary N) is 2. The molecule has 172 valence electrons. The molecule has 10 heteroatoms. The van der Waals surface area contributed by atoms with Gasteiger partial charge in [0.2, 0.25) is 0 Å². The van der Waals surface area contributed by atoms with Gasteiger partial charge in [0.05, 0.1) is 21.3 Å². The zero-order valence-corrected chi connectivity index (χ0v) is 19.9. The second-order valence-corrected chi connectivity index (χ2v) is 10.7. The van der Waals surface area contributed by atoms with E-state index < -0.39 is 15.8 Å². The van der Waals surface area contributed by atoms with E-state index in [0.717, 1.165) is 5.56 Å². The molecule has 33 heavy (non-hydrogen) atoms. The van der Waals surface area contributed by atoms with Crippen molar-refractivity contribution in [2.45, 2.75) is 31.1 Å². The third-order valence-electron chi connectivity index (χ3n) is 5.15. The molecule has 0 amide bonds. The molecule has 0 bridgehead atoms. The Morgan fingerprint density at radius 2 is 1.82 bits per heavy atom. The molecule has 1 aliphatic heterocycles. The molecule has 0 unspecified atom stereocenters. The van der Waals surface area contributed by atoms with Crippen molar-refractivity contribution in [3.05, 3.63) is 82.9 Å². The number of anilines is 2. The summed E-state index contributed by atoms with van der Waals surface area (Å²) in [4.78, 5) is 5.96. The van der Waals surface area contributed by atoms with E-state index in [4.69, 9.17) is 11.6 Å². The molecule has 0 atom stereocenters. The molecule has 0 fully saturated rings. The lowest BCUT2D eigenvalue weighted by Gasteiger charge is -2.21. The standard InChI is InChI=1S/C23H23ClFN5O2S/c1-23(2,3)15-8-10-17(11-9-15)33(31,32)29-19-12-16(24)13-26-21(19)22-28-27-14-30(22)20-7-5-4-6-18(20)25/h4-13,27,29H,14H2,1-3H3. The number of hydrogen-bond donors (Lipinski definition) is 2. The Balaban J connectivity index is 1.70. The van der Waals surface area contributed by atoms with Crippen LogP contribution in [0.5, 0.6) is 0 Å². The Morgan fingerprint density at radius 3 is 2.48 bits per heavy atom. The smallest absolute Gasteiger partial charge is 0.261 e. The molecule has 2 heterocycles. The van der Waals surface area contributed by atoms with Crippen LogP contribution in [0.25, 0.3) is 0 Å². The highest BCUT2D eigenvalue weighted by atomic mass is 35.5. The van der Waals surface area contributed by atoms with Crippen molar-refractivity contribution in [2.75, 3.05) is 16.3 Å². The van der Waals surface area contributed by atoms with Crippen LogP contribution in [0.2, 0.25) is 5.02 Å². The summed E-state index contributed by atoms with van der Waals surface area (Å²) in [6.45, 7) is 6.35. The fraction of sp³-hybridized carbons (Fsp3) is 0.217. The number of rotatable bonds is 5. The minimum Gasteiger partial charge on any atom is -0.301 e. The second kappa shape index (κ2) is 8.64. The van der Waals surface area contributed by atoms with Gasteiger partial charge in [-0.1, -0.05) is 56.6 Å². The van der Waals surface area contributed by atoms with Crippen LogP contribution in [0.3, 0.4) is 0 Å². The first-order valence-corrected chi connectivity index (χ1v) is 12.0. The van der Waals surface area contributed by atoms with Crippen molar-refractivity contribution in [3.8, 4) is 0 Å². The van der Waals surface area contributed by atoms with E-state index in [1.807, 2.05) is 0 Å². The summed E-state index contributed by atoms with van der Waals surface area (Å²) in [5.74, 6) is -0.179. The van der Waals surface area contributed by atoms with Gasteiger partial charge >= 0.3 is 0 Å². The maximum Gasteiger partial charge on any atom is 0.261 e. The van der Waals surface area contributed by atoms with Crippen LogP contribution >= 0.6 is 11.6 Å². The number of para-hydroxylation sites is 1. The molecule has 0 radical (unpaired) electrons. The van der Waals surface area contributed by atoms with Crippen LogP contribution in [0.4, 0.5) is 15.8 Å². The van der Waals surface area contributed by atoms with Crippen molar-refractivity contribution in [2.24, 2.45) is 5.10 Å². The van der Waals surface area contributed by atoms with E-state index in [-0.39, 0.29) is 44.9 Å². The predicted octanol–water partition coefficient (Wildman–Crippen LogP) is 4.70. The molecular weight excluding hydrogens is 465 g/mol. The highest BCUT2D eigenvalue weighted by molar-refractivity contribution is 7.92. The fourth-order valence-corrected chi connectivity index (χ4v) is 4.62. The van der Waals surface area contributed by atoms with Gasteiger partial charge in [-0.2, -0.15) is 5.10 Å². The van der Waals surface area contributed by atoms with E-state index in [9.17, 15) is 12.8 Å². The van der Waals surface area contributed by atoms with E-state index in [0.29, 0.717) is 0 Å². The lowest BCUT2D eigenvalue weighted by atomic mass is 9.87. The Labute approximate surface area is 197 Å². The molecule has 1 aliphatic rings. The number of benzene rings is 2. The quantitative estimate of drug-likeness (QED) is 0.544. The topological polar surface area (TPSA) is 86.7 Å². The maximum atomic E-state index is 14.4. The average Bonchev–Trinajstić information content (AvgIpc) is 3.23. The van der Waals surface area contributed by atoms with Crippen LogP contribution in [0.1, 0.15) is 32.0 Å². The predicted molar refractivity (Wildman–Crippen MR) is 129 cm³/mol. The van der Waals surface area contributed by atoms with Crippen molar-refractivity contribution in [1.82, 2.24) is 10.4 Å². The normalized spacial score (nSPS) is 14.1. The van der Waals surface area contributed by atoms with Crippen LogP contribution in [0, 0.1) is 5.82 Å². The van der Waals surface area contributed by atoms with E-state index >= 15 is 0 Å². The monoisotopic (exact) mass is 487 g/mol. The molecule has 7 nitrogen and oxygen atoms in total. The summed E-state index contributed by atoms with van der Waals surface area (Å²) in [7, 11) is -3.95. The highest BCUT2D eigenvalue weighted by Crippen LogP contribution is 2.29. The van der Waals surface area contributed by atoms with Gasteiger partial charge < -0.3 is 4.90 Å². The molecule has 0 saturated heterocycles. The van der Waals surface area contributed by atoms with Crippen molar-refractivity contribution < 1.29 is 12.8 Å². The number of amidine groups is 1. The summed E-state index contributed by atoms with van der Waals surface area (Å²) in [6, 6.07) is 14.4. The highest BCUT2D eigenvalue weighted by Gasteiger charge is 2.28. The van der Waals surface area contributed by atoms with Crippen molar-refractivity contribution in [3.63, 3.8) is 0 Å². The SMILES string of the molecule is CC(C)(C)c1ccc(S(=O)(=O)Nc2cc(Cl)cnc2C2=NNCN2c2ccccc2F)cc1. The molecule has 0 saturated carbocycles. The fourth-order valence-electron chi connectivity index (χ4n) is 3.40. The zero-order valence-electron chi connectivity index (χ0n) is 18.3. The van der Waals surface area contributed by atoms with Crippen molar-refractivity contribution >= 4 is 38.8 Å². The van der Waals surface area contributed by atoms with E-state index in [2.05, 4.69) is 41.0 Å². The lowest BCUT2D eigenvalue weighted by Crippen LogP contribution is -2.32. The summed E-state index contributed by atoms with van der Waals surface area (Å²) in [5, 5.41) is 4.46.